The third-order valence-corrected chi connectivity index (χ3v) is 2.96. The van der Waals surface area contributed by atoms with Crippen molar-refractivity contribution in [2.24, 2.45) is 0 Å². The molecule has 2 aromatic heterocycles. The van der Waals surface area contributed by atoms with Gasteiger partial charge in [-0.25, -0.2) is 19.4 Å². The molecule has 0 bridgehead atoms. The Balaban J connectivity index is 2.29. The highest BCUT2D eigenvalue weighted by atomic mass is 19.4. The molecule has 0 saturated carbocycles. The molecule has 140 valence electrons. The molecule has 2 aromatic rings. The van der Waals surface area contributed by atoms with Crippen molar-refractivity contribution >= 4 is 18.0 Å². The zero-order valence-electron chi connectivity index (χ0n) is 14.4. The van der Waals surface area contributed by atoms with Crippen molar-refractivity contribution in [3.05, 3.63) is 30.2 Å². The summed E-state index contributed by atoms with van der Waals surface area (Å²) in [7, 11) is 0. The number of nitrogens with zero attached hydrogens (tertiary/aromatic N) is 4. The van der Waals surface area contributed by atoms with E-state index in [2.05, 4.69) is 20.4 Å². The molecule has 2 heterocycles. The maximum absolute atomic E-state index is 13.0. The molecule has 0 atom stereocenters. The molecule has 1 N–H and O–H groups in total. The van der Waals surface area contributed by atoms with Gasteiger partial charge in [0.25, 0.3) is 0 Å². The van der Waals surface area contributed by atoms with E-state index in [9.17, 15) is 18.0 Å². The van der Waals surface area contributed by atoms with E-state index < -0.39 is 17.8 Å². The Morgan fingerprint density at radius 2 is 2.12 bits per heavy atom. The Kier molecular flexibility index (Phi) is 5.96. The maximum Gasteiger partial charge on any atom is 0.433 e. The molecule has 0 unspecified atom stereocenters. The van der Waals surface area contributed by atoms with Gasteiger partial charge in [0.05, 0.1) is 6.10 Å². The summed E-state index contributed by atoms with van der Waals surface area (Å²) in [5, 5.41) is 6.79. The lowest BCUT2D eigenvalue weighted by Crippen LogP contribution is -2.11. The normalized spacial score (nSPS) is 12.0. The van der Waals surface area contributed by atoms with E-state index in [0.717, 1.165) is 12.1 Å². The number of carbonyl (C=O) groups excluding carboxylic acids is 1. The van der Waals surface area contributed by atoms with Gasteiger partial charge in [-0.2, -0.15) is 13.2 Å². The first-order valence-corrected chi connectivity index (χ1v) is 7.82. The monoisotopic (exact) mass is 369 g/mol. The number of hydrogen-bond acceptors (Lipinski definition) is 6. The lowest BCUT2D eigenvalue weighted by Gasteiger charge is -2.10. The van der Waals surface area contributed by atoms with E-state index in [1.807, 2.05) is 0 Å². The number of aromatic nitrogens is 4. The van der Waals surface area contributed by atoms with Crippen molar-refractivity contribution in [2.75, 3.05) is 11.9 Å². The molecule has 26 heavy (non-hydrogen) atoms. The topological polar surface area (TPSA) is 81.9 Å². The van der Waals surface area contributed by atoms with Gasteiger partial charge in [-0.1, -0.05) is 0 Å². The van der Waals surface area contributed by atoms with E-state index in [4.69, 9.17) is 4.74 Å². The molecule has 7 nitrogen and oxygen atoms in total. The SMILES string of the molecule is CCNc1cc(-c2ncn(/C=C\C(=O)OC(C)C)n2)cc(C(F)(F)F)n1. The minimum absolute atomic E-state index is 0.0685. The van der Waals surface area contributed by atoms with Gasteiger partial charge in [0.15, 0.2) is 5.82 Å². The molecule has 0 amide bonds. The maximum atomic E-state index is 13.0. The van der Waals surface area contributed by atoms with Crippen LogP contribution in [-0.4, -0.2) is 38.4 Å². The minimum Gasteiger partial charge on any atom is -0.460 e. The highest BCUT2D eigenvalue weighted by Gasteiger charge is 2.33. The molecule has 10 heteroatoms. The van der Waals surface area contributed by atoms with E-state index in [1.165, 1.54) is 23.3 Å². The van der Waals surface area contributed by atoms with Crippen LogP contribution < -0.4 is 5.32 Å². The zero-order valence-corrected chi connectivity index (χ0v) is 14.4. The zero-order chi connectivity index (χ0) is 19.3. The summed E-state index contributed by atoms with van der Waals surface area (Å²) in [6, 6.07) is 2.30. The Morgan fingerprint density at radius 3 is 2.73 bits per heavy atom. The molecule has 0 radical (unpaired) electrons. The Labute approximate surface area is 147 Å². The van der Waals surface area contributed by atoms with Gasteiger partial charge in [0.1, 0.15) is 17.8 Å². The lowest BCUT2D eigenvalue weighted by atomic mass is 10.2. The molecule has 0 fully saturated rings. The molecule has 0 aliphatic carbocycles. The highest BCUT2D eigenvalue weighted by molar-refractivity contribution is 5.85. The number of ether oxygens (including phenoxy) is 1. The Hall–Kier alpha value is -2.91. The van der Waals surface area contributed by atoms with Gasteiger partial charge in [-0.15, -0.1) is 5.10 Å². The number of halogens is 3. The van der Waals surface area contributed by atoms with Crippen LogP contribution in [0.2, 0.25) is 0 Å². The van der Waals surface area contributed by atoms with Crippen molar-refractivity contribution in [2.45, 2.75) is 33.1 Å². The summed E-state index contributed by atoms with van der Waals surface area (Å²) < 4.78 is 45.2. The fraction of sp³-hybridized carbons (Fsp3) is 0.375. The first-order chi connectivity index (χ1) is 12.2. The largest absolute Gasteiger partial charge is 0.460 e. The fourth-order valence-corrected chi connectivity index (χ4v) is 1.96. The van der Waals surface area contributed by atoms with Crippen LogP contribution in [0.5, 0.6) is 0 Å². The second-order valence-electron chi connectivity index (χ2n) is 5.50. The van der Waals surface area contributed by atoms with Crippen molar-refractivity contribution < 1.29 is 22.7 Å². The summed E-state index contributed by atoms with van der Waals surface area (Å²) in [5.74, 6) is -0.418. The third-order valence-electron chi connectivity index (χ3n) is 2.96. The predicted molar refractivity (Wildman–Crippen MR) is 89.0 cm³/mol. The minimum atomic E-state index is -4.59. The number of anilines is 1. The van der Waals surface area contributed by atoms with E-state index >= 15 is 0 Å². The molecule has 0 aromatic carbocycles. The number of alkyl halides is 3. The van der Waals surface area contributed by atoms with Gasteiger partial charge in [0.2, 0.25) is 0 Å². The van der Waals surface area contributed by atoms with Crippen LogP contribution in [0.4, 0.5) is 19.0 Å². The highest BCUT2D eigenvalue weighted by Crippen LogP contribution is 2.31. The molecule has 0 aliphatic heterocycles. The average Bonchev–Trinajstić information content (AvgIpc) is 3.00. The average molecular weight is 369 g/mol. The van der Waals surface area contributed by atoms with Gasteiger partial charge < -0.3 is 10.1 Å². The quantitative estimate of drug-likeness (QED) is 0.622. The van der Waals surface area contributed by atoms with E-state index in [-0.39, 0.29) is 23.3 Å². The third kappa shape index (κ3) is 5.30. The van der Waals surface area contributed by atoms with Gasteiger partial charge in [-0.3, -0.25) is 0 Å². The standard InChI is InChI=1S/C16H18F3N5O2/c1-4-20-13-8-11(7-12(22-13)16(17,18)19)15-21-9-24(23-15)6-5-14(25)26-10(2)3/h5-10H,4H2,1-3H3,(H,20,22)/b6-5-. The second-order valence-corrected chi connectivity index (χ2v) is 5.50. The molecular formula is C16H18F3N5O2. The van der Waals surface area contributed by atoms with Gasteiger partial charge >= 0.3 is 12.1 Å². The number of hydrogen-bond donors (Lipinski definition) is 1. The fourth-order valence-electron chi connectivity index (χ4n) is 1.96. The second kappa shape index (κ2) is 7.98. The van der Waals surface area contributed by atoms with Crippen LogP contribution in [0.1, 0.15) is 26.5 Å². The molecule has 0 aliphatic rings. The molecule has 2 rings (SSSR count). The molecule has 0 spiro atoms. The summed E-state index contributed by atoms with van der Waals surface area (Å²) in [6.45, 7) is 5.58. The molecular weight excluding hydrogens is 351 g/mol. The summed E-state index contributed by atoms with van der Waals surface area (Å²) in [6.07, 6.45) is -1.13. The first-order valence-electron chi connectivity index (χ1n) is 7.82. The van der Waals surface area contributed by atoms with E-state index in [0.29, 0.717) is 6.54 Å². The van der Waals surface area contributed by atoms with Crippen LogP contribution in [0, 0.1) is 0 Å². The van der Waals surface area contributed by atoms with Crippen molar-refractivity contribution in [3.8, 4) is 11.4 Å². The molecule has 0 saturated heterocycles. The number of nitrogens with one attached hydrogen (secondary N) is 1. The van der Waals surface area contributed by atoms with Gasteiger partial charge in [-0.05, 0) is 32.9 Å². The van der Waals surface area contributed by atoms with E-state index in [1.54, 1.807) is 20.8 Å². The Bertz CT molecular complexity index is 799. The van der Waals surface area contributed by atoms with Crippen LogP contribution in [-0.2, 0) is 15.7 Å². The number of esters is 1. The van der Waals surface area contributed by atoms with Crippen molar-refractivity contribution in [3.63, 3.8) is 0 Å². The van der Waals surface area contributed by atoms with Crippen molar-refractivity contribution in [1.82, 2.24) is 19.7 Å². The summed E-state index contributed by atoms with van der Waals surface area (Å²) in [5.41, 5.74) is -0.890. The van der Waals surface area contributed by atoms with Crippen LogP contribution in [0.3, 0.4) is 0 Å². The van der Waals surface area contributed by atoms with Gasteiger partial charge in [0, 0.05) is 24.4 Å². The predicted octanol–water partition coefficient (Wildman–Crippen LogP) is 3.21. The first kappa shape index (κ1) is 19.4. The summed E-state index contributed by atoms with van der Waals surface area (Å²) in [4.78, 5) is 19.0. The number of rotatable bonds is 6. The lowest BCUT2D eigenvalue weighted by molar-refractivity contribution is -0.142. The smallest absolute Gasteiger partial charge is 0.433 e. The Morgan fingerprint density at radius 1 is 1.38 bits per heavy atom. The van der Waals surface area contributed by atoms with Crippen LogP contribution in [0.15, 0.2) is 24.5 Å². The number of pyridine rings is 1. The van der Waals surface area contributed by atoms with Crippen LogP contribution >= 0.6 is 0 Å². The van der Waals surface area contributed by atoms with Crippen LogP contribution in [0.25, 0.3) is 17.6 Å². The van der Waals surface area contributed by atoms with Crippen molar-refractivity contribution in [1.29, 1.82) is 0 Å². The summed E-state index contributed by atoms with van der Waals surface area (Å²) >= 11 is 0. The number of carbonyl (C=O) groups is 1.